The van der Waals surface area contributed by atoms with Crippen LogP contribution < -0.4 is 9.64 Å². The van der Waals surface area contributed by atoms with E-state index in [4.69, 9.17) is 4.74 Å². The van der Waals surface area contributed by atoms with Crippen molar-refractivity contribution < 1.29 is 14.6 Å². The van der Waals surface area contributed by atoms with E-state index in [2.05, 4.69) is 34.1 Å². The van der Waals surface area contributed by atoms with Gasteiger partial charge in [0.15, 0.2) is 0 Å². The first-order valence-electron chi connectivity index (χ1n) is 11.4. The molecule has 1 amide bonds. The van der Waals surface area contributed by atoms with Crippen LogP contribution in [-0.4, -0.2) is 54.2 Å². The molecule has 170 valence electrons. The summed E-state index contributed by atoms with van der Waals surface area (Å²) in [5.74, 6) is 1.12. The molecule has 0 spiro atoms. The van der Waals surface area contributed by atoms with Crippen LogP contribution in [0.15, 0.2) is 67.0 Å². The molecule has 5 rings (SSSR count). The number of nitrogens with zero attached hydrogens (tertiary/aromatic N) is 3. The molecule has 2 aliphatic rings. The molecule has 6 heteroatoms. The van der Waals surface area contributed by atoms with Crippen LogP contribution in [0, 0.1) is 5.92 Å². The Morgan fingerprint density at radius 1 is 1.12 bits per heavy atom. The van der Waals surface area contributed by atoms with Crippen LogP contribution in [-0.2, 0) is 11.2 Å². The van der Waals surface area contributed by atoms with Crippen LogP contribution in [0.3, 0.4) is 0 Å². The van der Waals surface area contributed by atoms with Gasteiger partial charge >= 0.3 is 0 Å². The largest absolute Gasteiger partial charge is 0.497 e. The molecule has 1 fully saturated rings. The maximum atomic E-state index is 13.4. The number of methoxy groups -OCH3 is 1. The zero-order chi connectivity index (χ0) is 22.9. The molecule has 1 aromatic heterocycles. The van der Waals surface area contributed by atoms with E-state index in [1.165, 1.54) is 0 Å². The Kier molecular flexibility index (Phi) is 5.77. The van der Waals surface area contributed by atoms with Crippen molar-refractivity contribution in [2.45, 2.75) is 24.9 Å². The lowest BCUT2D eigenvalue weighted by Crippen LogP contribution is -2.48. The zero-order valence-electron chi connectivity index (χ0n) is 19.0. The molecule has 2 aromatic carbocycles. The van der Waals surface area contributed by atoms with Gasteiger partial charge in [-0.3, -0.25) is 9.78 Å². The van der Waals surface area contributed by atoms with Crippen molar-refractivity contribution in [2.75, 3.05) is 32.2 Å². The Bertz CT molecular complexity index is 1150. The number of benzene rings is 2. The third kappa shape index (κ3) is 3.85. The number of amides is 1. The summed E-state index contributed by atoms with van der Waals surface area (Å²) in [6.07, 6.45) is 4.69. The van der Waals surface area contributed by atoms with Gasteiger partial charge in [-0.15, -0.1) is 0 Å². The number of aromatic nitrogens is 1. The van der Waals surface area contributed by atoms with Gasteiger partial charge in [0.2, 0.25) is 5.91 Å². The number of carbonyl (C=O) groups excluding carboxylic acids is 1. The van der Waals surface area contributed by atoms with Crippen molar-refractivity contribution in [1.29, 1.82) is 0 Å². The maximum absolute atomic E-state index is 13.4. The molecule has 0 radical (unpaired) electrons. The number of fused-ring (bicyclic) bond motifs is 3. The number of hydrogen-bond donors (Lipinski definition) is 1. The lowest BCUT2D eigenvalue weighted by Gasteiger charge is -2.44. The summed E-state index contributed by atoms with van der Waals surface area (Å²) in [5.41, 5.74) is 5.36. The second-order valence-corrected chi connectivity index (χ2v) is 8.88. The summed E-state index contributed by atoms with van der Waals surface area (Å²) < 4.78 is 5.42. The summed E-state index contributed by atoms with van der Waals surface area (Å²) in [5, 5.41) is 10.2. The summed E-state index contributed by atoms with van der Waals surface area (Å²) in [6, 6.07) is 18.2. The standard InChI is InChI=1S/C27H29N3O3/c1-29-24-7-6-20(19-4-3-5-21(15-19)33-2)16-23(24)27-22(25(29)17-31)10-13-30(27)26(32)14-18-8-11-28-12-9-18/h3-9,11-12,15-16,22,25,27,31H,10,13-14,17H2,1-2H3/t22-,25+,27-/m1/s1. The number of rotatable bonds is 5. The first kappa shape index (κ1) is 21.5. The van der Waals surface area contributed by atoms with Gasteiger partial charge in [-0.2, -0.15) is 0 Å². The minimum Gasteiger partial charge on any atom is -0.497 e. The Balaban J connectivity index is 1.54. The van der Waals surface area contributed by atoms with E-state index in [-0.39, 0.29) is 30.5 Å². The van der Waals surface area contributed by atoms with Crippen molar-refractivity contribution in [1.82, 2.24) is 9.88 Å². The molecule has 3 atom stereocenters. The van der Waals surface area contributed by atoms with Crippen molar-refractivity contribution in [3.05, 3.63) is 78.1 Å². The van der Waals surface area contributed by atoms with Gasteiger partial charge in [-0.05, 0) is 65.1 Å². The molecule has 1 saturated heterocycles. The van der Waals surface area contributed by atoms with Crippen LogP contribution in [0.5, 0.6) is 5.75 Å². The Hall–Kier alpha value is -3.38. The number of pyridine rings is 1. The number of ether oxygens (including phenoxy) is 1. The minimum absolute atomic E-state index is 0.0103. The number of carbonyl (C=O) groups is 1. The van der Waals surface area contributed by atoms with Crippen molar-refractivity contribution in [2.24, 2.45) is 5.92 Å². The van der Waals surface area contributed by atoms with Gasteiger partial charge in [-0.25, -0.2) is 0 Å². The average molecular weight is 444 g/mol. The van der Waals surface area contributed by atoms with Gasteiger partial charge < -0.3 is 19.6 Å². The number of hydrogen-bond acceptors (Lipinski definition) is 5. The van der Waals surface area contributed by atoms with Crippen LogP contribution in [0.1, 0.15) is 23.6 Å². The second-order valence-electron chi connectivity index (χ2n) is 8.88. The predicted molar refractivity (Wildman–Crippen MR) is 128 cm³/mol. The first-order valence-corrected chi connectivity index (χ1v) is 11.4. The summed E-state index contributed by atoms with van der Waals surface area (Å²) in [6.45, 7) is 0.771. The molecule has 33 heavy (non-hydrogen) atoms. The number of likely N-dealkylation sites (N-methyl/N-ethyl adjacent to an activating group) is 1. The van der Waals surface area contributed by atoms with Crippen molar-refractivity contribution in [3.63, 3.8) is 0 Å². The van der Waals surface area contributed by atoms with Gasteiger partial charge in [0.25, 0.3) is 0 Å². The SMILES string of the molecule is COc1cccc(-c2ccc3c(c2)[C@H]2[C@H](CCN2C(=O)Cc2ccncc2)[C@H](CO)N3C)c1. The van der Waals surface area contributed by atoms with E-state index in [1.54, 1.807) is 19.5 Å². The third-order valence-electron chi connectivity index (χ3n) is 7.18. The van der Waals surface area contributed by atoms with E-state index in [1.807, 2.05) is 42.3 Å². The Morgan fingerprint density at radius 3 is 2.67 bits per heavy atom. The van der Waals surface area contributed by atoms with E-state index < -0.39 is 0 Å². The van der Waals surface area contributed by atoms with Gasteiger partial charge in [-0.1, -0.05) is 18.2 Å². The molecule has 1 N–H and O–H groups in total. The zero-order valence-corrected chi connectivity index (χ0v) is 19.0. The fraction of sp³-hybridized carbons (Fsp3) is 0.333. The molecule has 3 heterocycles. The van der Waals surface area contributed by atoms with Gasteiger partial charge in [0, 0.05) is 37.6 Å². The third-order valence-corrected chi connectivity index (χ3v) is 7.18. The number of aliphatic hydroxyl groups excluding tert-OH is 1. The highest BCUT2D eigenvalue weighted by Gasteiger charge is 2.47. The first-order chi connectivity index (χ1) is 16.1. The predicted octanol–water partition coefficient (Wildman–Crippen LogP) is 3.70. The molecule has 0 aliphatic carbocycles. The maximum Gasteiger partial charge on any atom is 0.227 e. The quantitative estimate of drug-likeness (QED) is 0.651. The van der Waals surface area contributed by atoms with E-state index in [9.17, 15) is 9.90 Å². The number of aliphatic hydroxyl groups is 1. The van der Waals surface area contributed by atoms with Crippen LogP contribution in [0.4, 0.5) is 5.69 Å². The van der Waals surface area contributed by atoms with Crippen LogP contribution in [0.2, 0.25) is 0 Å². The lowest BCUT2D eigenvalue weighted by atomic mass is 9.81. The Labute approximate surface area is 194 Å². The minimum atomic E-state index is -0.0479. The van der Waals surface area contributed by atoms with Crippen LogP contribution >= 0.6 is 0 Å². The highest BCUT2D eigenvalue weighted by atomic mass is 16.5. The van der Waals surface area contributed by atoms with Crippen LogP contribution in [0.25, 0.3) is 11.1 Å². The molecule has 3 aromatic rings. The summed E-state index contributed by atoms with van der Waals surface area (Å²) >= 11 is 0. The fourth-order valence-corrected chi connectivity index (χ4v) is 5.49. The summed E-state index contributed by atoms with van der Waals surface area (Å²) in [7, 11) is 3.72. The van der Waals surface area contributed by atoms with Crippen molar-refractivity contribution in [3.8, 4) is 16.9 Å². The topological polar surface area (TPSA) is 65.9 Å². The Morgan fingerprint density at radius 2 is 1.91 bits per heavy atom. The smallest absolute Gasteiger partial charge is 0.227 e. The molecular formula is C27H29N3O3. The highest BCUT2D eigenvalue weighted by Crippen LogP contribution is 2.49. The molecule has 0 saturated carbocycles. The van der Waals surface area contributed by atoms with E-state index >= 15 is 0 Å². The summed E-state index contributed by atoms with van der Waals surface area (Å²) in [4.78, 5) is 21.7. The fourth-order valence-electron chi connectivity index (χ4n) is 5.49. The molecule has 0 bridgehead atoms. The van der Waals surface area contributed by atoms with Gasteiger partial charge in [0.1, 0.15) is 5.75 Å². The molecule has 6 nitrogen and oxygen atoms in total. The lowest BCUT2D eigenvalue weighted by molar-refractivity contribution is -0.132. The number of likely N-dealkylation sites (tertiary alicyclic amines) is 1. The second kappa shape index (κ2) is 8.87. The molecule has 0 unspecified atom stereocenters. The average Bonchev–Trinajstić information content (AvgIpc) is 3.30. The highest BCUT2D eigenvalue weighted by molar-refractivity contribution is 5.81. The van der Waals surface area contributed by atoms with E-state index in [0.717, 1.165) is 40.1 Å². The normalized spacial score (nSPS) is 21.5. The number of anilines is 1. The van der Waals surface area contributed by atoms with E-state index in [0.29, 0.717) is 13.0 Å². The monoisotopic (exact) mass is 443 g/mol. The molecule has 2 aliphatic heterocycles. The van der Waals surface area contributed by atoms with Crippen molar-refractivity contribution >= 4 is 11.6 Å². The molecular weight excluding hydrogens is 414 g/mol. The van der Waals surface area contributed by atoms with Gasteiger partial charge in [0.05, 0.1) is 32.2 Å².